The van der Waals surface area contributed by atoms with Crippen LogP contribution in [-0.2, 0) is 0 Å². The molecule has 1 atom stereocenters. The summed E-state index contributed by atoms with van der Waals surface area (Å²) in [5, 5.41) is 6.90. The van der Waals surface area contributed by atoms with E-state index in [0.717, 1.165) is 35.7 Å². The highest BCUT2D eigenvalue weighted by molar-refractivity contribution is 7.99. The second kappa shape index (κ2) is 7.70. The lowest BCUT2D eigenvalue weighted by atomic mass is 9.98. The van der Waals surface area contributed by atoms with Gasteiger partial charge in [-0.2, -0.15) is 4.98 Å². The van der Waals surface area contributed by atoms with Gasteiger partial charge in [0, 0.05) is 18.0 Å². The molecule has 7 heteroatoms. The van der Waals surface area contributed by atoms with Gasteiger partial charge in [0.05, 0.1) is 11.6 Å². The molecule has 0 aliphatic carbocycles. The van der Waals surface area contributed by atoms with Crippen LogP contribution in [0, 0.1) is 6.92 Å². The molecule has 128 valence electrons. The number of carbonyl (C=O) groups excluding carboxylic acids is 1. The molecular formula is C17H22N4O2S. The number of likely N-dealkylation sites (tertiary alicyclic amines) is 1. The van der Waals surface area contributed by atoms with Crippen LogP contribution in [-0.4, -0.2) is 39.9 Å². The standard InChI is InChI=1S/C17H22N4O2S/c1-3-24-15-9-5-4-8-14(15)19-17(22)21-10-6-7-13(11-21)16-18-12(2)20-23-16/h4-5,8-9,13H,3,6-7,10-11H2,1-2H3,(H,19,22). The first kappa shape index (κ1) is 16.8. The lowest BCUT2D eigenvalue weighted by Gasteiger charge is -2.31. The molecule has 1 aliphatic rings. The van der Waals surface area contributed by atoms with Crippen molar-refractivity contribution < 1.29 is 9.32 Å². The largest absolute Gasteiger partial charge is 0.339 e. The molecule has 24 heavy (non-hydrogen) atoms. The lowest BCUT2D eigenvalue weighted by molar-refractivity contribution is 0.184. The fraction of sp³-hybridized carbons (Fsp3) is 0.471. The van der Waals surface area contributed by atoms with E-state index in [1.165, 1.54) is 0 Å². The summed E-state index contributed by atoms with van der Waals surface area (Å²) in [5.74, 6) is 2.35. The third-order valence-corrected chi connectivity index (χ3v) is 4.99. The first-order chi connectivity index (χ1) is 11.7. The Kier molecular flexibility index (Phi) is 5.40. The number of para-hydroxylation sites is 1. The molecule has 6 nitrogen and oxygen atoms in total. The lowest BCUT2D eigenvalue weighted by Crippen LogP contribution is -2.41. The number of anilines is 1. The van der Waals surface area contributed by atoms with E-state index in [1.807, 2.05) is 36.1 Å². The maximum atomic E-state index is 12.6. The smallest absolute Gasteiger partial charge is 0.321 e. The van der Waals surface area contributed by atoms with Crippen LogP contribution < -0.4 is 5.32 Å². The Hall–Kier alpha value is -2.02. The molecule has 2 aromatic rings. The van der Waals surface area contributed by atoms with E-state index in [1.54, 1.807) is 11.8 Å². The highest BCUT2D eigenvalue weighted by atomic mass is 32.2. The van der Waals surface area contributed by atoms with Crippen LogP contribution in [0.15, 0.2) is 33.7 Å². The molecule has 1 N–H and O–H groups in total. The highest BCUT2D eigenvalue weighted by Crippen LogP contribution is 2.29. The van der Waals surface area contributed by atoms with Gasteiger partial charge in [0.2, 0.25) is 5.89 Å². The minimum absolute atomic E-state index is 0.0694. The van der Waals surface area contributed by atoms with Crippen LogP contribution in [0.3, 0.4) is 0 Å². The zero-order valence-electron chi connectivity index (χ0n) is 14.0. The van der Waals surface area contributed by atoms with Crippen molar-refractivity contribution in [1.29, 1.82) is 0 Å². The summed E-state index contributed by atoms with van der Waals surface area (Å²) < 4.78 is 5.28. The van der Waals surface area contributed by atoms with Crippen molar-refractivity contribution in [2.24, 2.45) is 0 Å². The quantitative estimate of drug-likeness (QED) is 0.850. The number of amides is 2. The molecule has 0 radical (unpaired) electrons. The molecule has 0 bridgehead atoms. The van der Waals surface area contributed by atoms with Gasteiger partial charge < -0.3 is 14.7 Å². The normalized spacial score (nSPS) is 17.8. The molecule has 1 fully saturated rings. The summed E-state index contributed by atoms with van der Waals surface area (Å²) in [6.07, 6.45) is 1.90. The Morgan fingerprint density at radius 2 is 2.29 bits per heavy atom. The van der Waals surface area contributed by atoms with Crippen molar-refractivity contribution >= 4 is 23.5 Å². The van der Waals surface area contributed by atoms with E-state index in [9.17, 15) is 4.79 Å². The van der Waals surface area contributed by atoms with Gasteiger partial charge >= 0.3 is 6.03 Å². The number of rotatable bonds is 4. The summed E-state index contributed by atoms with van der Waals surface area (Å²) in [6, 6.07) is 7.83. The van der Waals surface area contributed by atoms with Crippen molar-refractivity contribution in [2.45, 2.75) is 37.5 Å². The number of benzene rings is 1. The van der Waals surface area contributed by atoms with Gasteiger partial charge in [0.1, 0.15) is 0 Å². The maximum absolute atomic E-state index is 12.6. The second-order valence-corrected chi connectivity index (χ2v) is 7.13. The topological polar surface area (TPSA) is 71.3 Å². The van der Waals surface area contributed by atoms with Crippen LogP contribution in [0.25, 0.3) is 0 Å². The fourth-order valence-corrected chi connectivity index (χ4v) is 3.65. The predicted octanol–water partition coefficient (Wildman–Crippen LogP) is 3.90. The SMILES string of the molecule is CCSc1ccccc1NC(=O)N1CCCC(c2nc(C)no2)C1. The Bertz CT molecular complexity index is 703. The second-order valence-electron chi connectivity index (χ2n) is 5.82. The van der Waals surface area contributed by atoms with Gasteiger partial charge in [0.25, 0.3) is 0 Å². The molecule has 1 aromatic carbocycles. The molecule has 1 aliphatic heterocycles. The van der Waals surface area contributed by atoms with Gasteiger partial charge in [-0.1, -0.05) is 24.2 Å². The predicted molar refractivity (Wildman–Crippen MR) is 94.4 cm³/mol. The van der Waals surface area contributed by atoms with Crippen molar-refractivity contribution in [2.75, 3.05) is 24.2 Å². The number of thioether (sulfide) groups is 1. The number of aromatic nitrogens is 2. The number of hydrogen-bond acceptors (Lipinski definition) is 5. The molecule has 1 aromatic heterocycles. The van der Waals surface area contributed by atoms with E-state index in [-0.39, 0.29) is 11.9 Å². The van der Waals surface area contributed by atoms with Gasteiger partial charge in [-0.15, -0.1) is 11.8 Å². The number of piperidine rings is 1. The van der Waals surface area contributed by atoms with Crippen molar-refractivity contribution in [3.8, 4) is 0 Å². The number of nitrogens with zero attached hydrogens (tertiary/aromatic N) is 3. The molecule has 0 saturated carbocycles. The van der Waals surface area contributed by atoms with E-state index in [4.69, 9.17) is 4.52 Å². The summed E-state index contributed by atoms with van der Waals surface area (Å²) in [4.78, 5) is 19.9. The molecule has 3 rings (SSSR count). The fourth-order valence-electron chi connectivity index (χ4n) is 2.89. The van der Waals surface area contributed by atoms with Crippen molar-refractivity contribution in [3.05, 3.63) is 36.0 Å². The number of urea groups is 1. The van der Waals surface area contributed by atoms with Crippen LogP contribution in [0.1, 0.15) is 37.4 Å². The summed E-state index contributed by atoms with van der Waals surface area (Å²) in [7, 11) is 0. The molecule has 2 heterocycles. The number of nitrogens with one attached hydrogen (secondary N) is 1. The molecular weight excluding hydrogens is 324 g/mol. The minimum atomic E-state index is -0.0694. The number of carbonyl (C=O) groups is 1. The van der Waals surface area contributed by atoms with Gasteiger partial charge in [-0.3, -0.25) is 0 Å². The van der Waals surface area contributed by atoms with Gasteiger partial charge in [-0.05, 0) is 37.7 Å². The van der Waals surface area contributed by atoms with E-state index >= 15 is 0 Å². The zero-order chi connectivity index (χ0) is 16.9. The van der Waals surface area contributed by atoms with Crippen molar-refractivity contribution in [1.82, 2.24) is 15.0 Å². The monoisotopic (exact) mass is 346 g/mol. The molecule has 2 amide bonds. The summed E-state index contributed by atoms with van der Waals surface area (Å²) in [6.45, 7) is 5.27. The molecule has 0 spiro atoms. The highest BCUT2D eigenvalue weighted by Gasteiger charge is 2.28. The average molecular weight is 346 g/mol. The van der Waals surface area contributed by atoms with Gasteiger partial charge in [0.15, 0.2) is 5.82 Å². The molecule has 1 unspecified atom stereocenters. The Balaban J connectivity index is 1.66. The Morgan fingerprint density at radius 1 is 1.46 bits per heavy atom. The van der Waals surface area contributed by atoms with Crippen LogP contribution in [0.4, 0.5) is 10.5 Å². The van der Waals surface area contributed by atoms with Crippen LogP contribution in [0.5, 0.6) is 0 Å². The number of hydrogen-bond donors (Lipinski definition) is 1. The summed E-state index contributed by atoms with van der Waals surface area (Å²) >= 11 is 1.72. The third kappa shape index (κ3) is 3.90. The van der Waals surface area contributed by atoms with Crippen molar-refractivity contribution in [3.63, 3.8) is 0 Å². The molecule has 1 saturated heterocycles. The zero-order valence-corrected chi connectivity index (χ0v) is 14.8. The van der Waals surface area contributed by atoms with E-state index in [0.29, 0.717) is 18.3 Å². The minimum Gasteiger partial charge on any atom is -0.339 e. The third-order valence-electron chi connectivity index (χ3n) is 4.03. The Labute approximate surface area is 146 Å². The maximum Gasteiger partial charge on any atom is 0.321 e. The first-order valence-electron chi connectivity index (χ1n) is 8.25. The average Bonchev–Trinajstić information content (AvgIpc) is 3.03. The van der Waals surface area contributed by atoms with Gasteiger partial charge in [-0.25, -0.2) is 4.79 Å². The van der Waals surface area contributed by atoms with E-state index < -0.39 is 0 Å². The van der Waals surface area contributed by atoms with Crippen LogP contribution >= 0.6 is 11.8 Å². The summed E-state index contributed by atoms with van der Waals surface area (Å²) in [5.41, 5.74) is 0.866. The first-order valence-corrected chi connectivity index (χ1v) is 9.24. The Morgan fingerprint density at radius 3 is 3.04 bits per heavy atom. The number of aryl methyl sites for hydroxylation is 1. The van der Waals surface area contributed by atoms with E-state index in [2.05, 4.69) is 22.4 Å². The van der Waals surface area contributed by atoms with Crippen LogP contribution in [0.2, 0.25) is 0 Å².